The lowest BCUT2D eigenvalue weighted by atomic mass is 10.0. The predicted molar refractivity (Wildman–Crippen MR) is 83.9 cm³/mol. The van der Waals surface area contributed by atoms with Crippen molar-refractivity contribution in [1.82, 2.24) is 5.32 Å². The molecule has 5 heteroatoms. The van der Waals surface area contributed by atoms with E-state index in [0.29, 0.717) is 17.9 Å². The molecule has 0 aliphatic carbocycles. The van der Waals surface area contributed by atoms with Crippen molar-refractivity contribution in [3.05, 3.63) is 23.8 Å². The smallest absolute Gasteiger partial charge is 0.224 e. The Morgan fingerprint density at radius 2 is 1.90 bits per heavy atom. The summed E-state index contributed by atoms with van der Waals surface area (Å²) >= 11 is 3.39. The number of nitrogens with one attached hydrogen (secondary N) is 1. The van der Waals surface area contributed by atoms with Gasteiger partial charge in [0.2, 0.25) is 5.91 Å². The fourth-order valence-corrected chi connectivity index (χ4v) is 2.89. The van der Waals surface area contributed by atoms with Crippen LogP contribution in [0.25, 0.3) is 0 Å². The summed E-state index contributed by atoms with van der Waals surface area (Å²) < 4.78 is 10.4. The molecule has 4 nitrogen and oxygen atoms in total. The molecular formula is C15H22BrNO3. The van der Waals surface area contributed by atoms with Gasteiger partial charge in [0.25, 0.3) is 0 Å². The third-order valence-electron chi connectivity index (χ3n) is 3.01. The molecule has 0 aliphatic heterocycles. The maximum absolute atomic E-state index is 12.1. The van der Waals surface area contributed by atoms with Crippen LogP contribution in [0.2, 0.25) is 0 Å². The molecule has 1 N–H and O–H groups in total. The SMILES string of the molecule is COc1ccc(CC(=O)NC(C)(C)CCBr)cc1OC. The third-order valence-corrected chi connectivity index (χ3v) is 3.41. The Labute approximate surface area is 129 Å². The lowest BCUT2D eigenvalue weighted by Gasteiger charge is -2.25. The van der Waals surface area contributed by atoms with E-state index in [2.05, 4.69) is 21.2 Å². The zero-order valence-electron chi connectivity index (χ0n) is 12.5. The van der Waals surface area contributed by atoms with E-state index in [0.717, 1.165) is 17.3 Å². The van der Waals surface area contributed by atoms with E-state index in [9.17, 15) is 4.79 Å². The highest BCUT2D eigenvalue weighted by Crippen LogP contribution is 2.27. The number of methoxy groups -OCH3 is 2. The first kappa shape index (κ1) is 16.8. The van der Waals surface area contributed by atoms with E-state index in [-0.39, 0.29) is 11.4 Å². The summed E-state index contributed by atoms with van der Waals surface area (Å²) in [4.78, 5) is 12.1. The number of alkyl halides is 1. The number of halogens is 1. The molecule has 0 unspecified atom stereocenters. The molecule has 0 atom stereocenters. The van der Waals surface area contributed by atoms with Crippen LogP contribution in [0.4, 0.5) is 0 Å². The van der Waals surface area contributed by atoms with Gasteiger partial charge in [0, 0.05) is 10.9 Å². The monoisotopic (exact) mass is 343 g/mol. The summed E-state index contributed by atoms with van der Waals surface area (Å²) in [6.45, 7) is 4.03. The Balaban J connectivity index is 2.71. The standard InChI is InChI=1S/C15H22BrNO3/c1-15(2,7-8-16)17-14(18)10-11-5-6-12(19-3)13(9-11)20-4/h5-6,9H,7-8,10H2,1-4H3,(H,17,18). The molecule has 1 aromatic carbocycles. The van der Waals surface area contributed by atoms with E-state index in [4.69, 9.17) is 9.47 Å². The Morgan fingerprint density at radius 1 is 1.25 bits per heavy atom. The van der Waals surface area contributed by atoms with Gasteiger partial charge < -0.3 is 14.8 Å². The van der Waals surface area contributed by atoms with Crippen LogP contribution in [0.15, 0.2) is 18.2 Å². The Kier molecular flexibility index (Phi) is 6.33. The number of amides is 1. The van der Waals surface area contributed by atoms with E-state index < -0.39 is 0 Å². The van der Waals surface area contributed by atoms with Gasteiger partial charge in [-0.2, -0.15) is 0 Å². The number of carbonyl (C=O) groups is 1. The fraction of sp³-hybridized carbons (Fsp3) is 0.533. The van der Waals surface area contributed by atoms with Gasteiger partial charge in [-0.1, -0.05) is 22.0 Å². The van der Waals surface area contributed by atoms with Crippen molar-refractivity contribution in [2.45, 2.75) is 32.2 Å². The third kappa shape index (κ3) is 5.04. The van der Waals surface area contributed by atoms with Gasteiger partial charge in [-0.3, -0.25) is 4.79 Å². The van der Waals surface area contributed by atoms with Crippen molar-refractivity contribution < 1.29 is 14.3 Å². The summed E-state index contributed by atoms with van der Waals surface area (Å²) in [6.07, 6.45) is 1.21. The van der Waals surface area contributed by atoms with Crippen LogP contribution in [0.5, 0.6) is 11.5 Å². The molecule has 112 valence electrons. The average Bonchev–Trinajstić information content (AvgIpc) is 2.37. The second-order valence-corrected chi connectivity index (χ2v) is 6.03. The lowest BCUT2D eigenvalue weighted by Crippen LogP contribution is -2.44. The van der Waals surface area contributed by atoms with Gasteiger partial charge in [-0.15, -0.1) is 0 Å². The summed E-state index contributed by atoms with van der Waals surface area (Å²) in [5.74, 6) is 1.30. The maximum atomic E-state index is 12.1. The number of ether oxygens (including phenoxy) is 2. The minimum Gasteiger partial charge on any atom is -0.493 e. The molecule has 0 saturated heterocycles. The number of hydrogen-bond donors (Lipinski definition) is 1. The minimum absolute atomic E-state index is 0.00294. The molecule has 0 saturated carbocycles. The van der Waals surface area contributed by atoms with E-state index >= 15 is 0 Å². The average molecular weight is 344 g/mol. The van der Waals surface area contributed by atoms with Crippen LogP contribution >= 0.6 is 15.9 Å². The van der Waals surface area contributed by atoms with Crippen molar-refractivity contribution in [3.8, 4) is 11.5 Å². The van der Waals surface area contributed by atoms with Crippen LogP contribution in [0, 0.1) is 0 Å². The molecule has 1 amide bonds. The zero-order chi connectivity index (χ0) is 15.2. The highest BCUT2D eigenvalue weighted by Gasteiger charge is 2.19. The van der Waals surface area contributed by atoms with Gasteiger partial charge in [-0.05, 0) is 38.0 Å². The minimum atomic E-state index is -0.211. The van der Waals surface area contributed by atoms with E-state index in [1.54, 1.807) is 14.2 Å². The molecular weight excluding hydrogens is 322 g/mol. The lowest BCUT2D eigenvalue weighted by molar-refractivity contribution is -0.122. The number of carbonyl (C=O) groups excluding carboxylic acids is 1. The van der Waals surface area contributed by atoms with Gasteiger partial charge in [-0.25, -0.2) is 0 Å². The quantitative estimate of drug-likeness (QED) is 0.774. The Hall–Kier alpha value is -1.23. The number of hydrogen-bond acceptors (Lipinski definition) is 3. The topological polar surface area (TPSA) is 47.6 Å². The predicted octanol–water partition coefficient (Wildman–Crippen LogP) is 2.93. The van der Waals surface area contributed by atoms with Gasteiger partial charge >= 0.3 is 0 Å². The number of benzene rings is 1. The zero-order valence-corrected chi connectivity index (χ0v) is 14.0. The summed E-state index contributed by atoms with van der Waals surface area (Å²) in [7, 11) is 3.17. The van der Waals surface area contributed by atoms with Gasteiger partial charge in [0.1, 0.15) is 0 Å². The van der Waals surface area contributed by atoms with Crippen molar-refractivity contribution in [3.63, 3.8) is 0 Å². The molecule has 0 aliphatic rings. The molecule has 1 rings (SSSR count). The molecule has 1 aromatic rings. The second kappa shape index (κ2) is 7.53. The molecule has 0 fully saturated rings. The largest absolute Gasteiger partial charge is 0.493 e. The maximum Gasteiger partial charge on any atom is 0.224 e. The van der Waals surface area contributed by atoms with Crippen LogP contribution in [0.1, 0.15) is 25.8 Å². The highest BCUT2D eigenvalue weighted by atomic mass is 79.9. The van der Waals surface area contributed by atoms with E-state index in [1.807, 2.05) is 32.0 Å². The van der Waals surface area contributed by atoms with Gasteiger partial charge in [0.15, 0.2) is 11.5 Å². The van der Waals surface area contributed by atoms with Crippen molar-refractivity contribution >= 4 is 21.8 Å². The molecule has 0 heterocycles. The van der Waals surface area contributed by atoms with E-state index in [1.165, 1.54) is 0 Å². The second-order valence-electron chi connectivity index (χ2n) is 5.24. The first-order valence-electron chi connectivity index (χ1n) is 6.49. The highest BCUT2D eigenvalue weighted by molar-refractivity contribution is 9.09. The van der Waals surface area contributed by atoms with Gasteiger partial charge in [0.05, 0.1) is 20.6 Å². The van der Waals surface area contributed by atoms with Crippen LogP contribution < -0.4 is 14.8 Å². The summed E-state index contributed by atoms with van der Waals surface area (Å²) in [6, 6.07) is 5.51. The summed E-state index contributed by atoms with van der Waals surface area (Å²) in [5, 5.41) is 3.89. The Bertz CT molecular complexity index is 460. The molecule has 0 aromatic heterocycles. The van der Waals surface area contributed by atoms with Crippen LogP contribution in [-0.2, 0) is 11.2 Å². The normalized spacial score (nSPS) is 11.1. The van der Waals surface area contributed by atoms with Crippen molar-refractivity contribution in [2.24, 2.45) is 0 Å². The molecule has 0 spiro atoms. The first-order valence-corrected chi connectivity index (χ1v) is 7.62. The molecule has 0 radical (unpaired) electrons. The van der Waals surface area contributed by atoms with Crippen LogP contribution in [-0.4, -0.2) is 31.0 Å². The number of rotatable bonds is 7. The molecule has 0 bridgehead atoms. The fourth-order valence-electron chi connectivity index (χ4n) is 1.90. The molecule has 20 heavy (non-hydrogen) atoms. The first-order chi connectivity index (χ1) is 9.41. The summed E-state index contributed by atoms with van der Waals surface area (Å²) in [5.41, 5.74) is 0.687. The Morgan fingerprint density at radius 3 is 2.45 bits per heavy atom. The van der Waals surface area contributed by atoms with Crippen molar-refractivity contribution in [1.29, 1.82) is 0 Å². The van der Waals surface area contributed by atoms with Crippen molar-refractivity contribution in [2.75, 3.05) is 19.5 Å². The van der Waals surface area contributed by atoms with Crippen LogP contribution in [0.3, 0.4) is 0 Å².